The average molecular weight is 673 g/mol. The van der Waals surface area contributed by atoms with Gasteiger partial charge in [0.2, 0.25) is 0 Å². The molecule has 0 heterocycles. The van der Waals surface area contributed by atoms with Crippen molar-refractivity contribution < 1.29 is 33.9 Å². The highest BCUT2D eigenvalue weighted by atomic mass is 17.2. The number of nitrogens with zero attached hydrogens (tertiary/aromatic N) is 2. The molecule has 47 heavy (non-hydrogen) atoms. The van der Waals surface area contributed by atoms with Gasteiger partial charge in [0.05, 0.1) is 20.8 Å². The van der Waals surface area contributed by atoms with E-state index in [1.165, 1.54) is 173 Å². The summed E-state index contributed by atoms with van der Waals surface area (Å²) >= 11 is 0. The van der Waals surface area contributed by atoms with E-state index in [0.717, 1.165) is 19.6 Å². The van der Waals surface area contributed by atoms with E-state index in [-0.39, 0.29) is 32.2 Å². The number of ether oxygens (including phenoxy) is 1. The largest absolute Gasteiger partial charge is 0.463 e. The Hall–Kier alpha value is -1.26. The van der Waals surface area contributed by atoms with Gasteiger partial charge in [-0.05, 0) is 25.9 Å². The maximum atomic E-state index is 12.6. The van der Waals surface area contributed by atoms with Crippen LogP contribution >= 0.6 is 0 Å². The molecule has 0 aromatic rings. The lowest BCUT2D eigenvalue weighted by atomic mass is 10.0. The highest BCUT2D eigenvalue weighted by molar-refractivity contribution is 5.82. The monoisotopic (exact) mass is 673 g/mol. The predicted molar refractivity (Wildman–Crippen MR) is 192 cm³/mol. The molecule has 0 saturated heterocycles. The zero-order valence-corrected chi connectivity index (χ0v) is 31.4. The van der Waals surface area contributed by atoms with Gasteiger partial charge in [-0.25, -0.2) is 19.6 Å². The molecule has 0 aliphatic carbocycles. The van der Waals surface area contributed by atoms with Gasteiger partial charge in [-0.15, -0.1) is 0 Å². The third-order valence-corrected chi connectivity index (χ3v) is 8.86. The maximum absolute atomic E-state index is 12.6. The molecule has 9 nitrogen and oxygen atoms in total. The van der Waals surface area contributed by atoms with Crippen LogP contribution in [0.15, 0.2) is 0 Å². The summed E-state index contributed by atoms with van der Waals surface area (Å²) in [7, 11) is 2.73. The second-order valence-electron chi connectivity index (χ2n) is 13.1. The first-order chi connectivity index (χ1) is 23.1. The fourth-order valence-corrected chi connectivity index (χ4v) is 5.90. The van der Waals surface area contributed by atoms with Gasteiger partial charge in [0.1, 0.15) is 13.2 Å². The van der Waals surface area contributed by atoms with Gasteiger partial charge >= 0.3 is 5.97 Å². The molecule has 280 valence electrons. The molecule has 0 radical (unpaired) electrons. The van der Waals surface area contributed by atoms with Crippen LogP contribution in [-0.4, -0.2) is 88.4 Å². The summed E-state index contributed by atoms with van der Waals surface area (Å²) in [6.45, 7) is 7.53. The number of unbranched alkanes of at least 4 members (excludes halogenated alkanes) is 22. The zero-order chi connectivity index (χ0) is 34.5. The van der Waals surface area contributed by atoms with Crippen LogP contribution < -0.4 is 0 Å². The summed E-state index contributed by atoms with van der Waals surface area (Å²) in [6.07, 6.45) is 32.3. The van der Waals surface area contributed by atoms with Gasteiger partial charge in [-0.2, -0.15) is 0 Å². The molecule has 0 bridgehead atoms. The van der Waals surface area contributed by atoms with Crippen molar-refractivity contribution in [1.29, 1.82) is 0 Å². The Bertz CT molecular complexity index is 640. The van der Waals surface area contributed by atoms with Crippen molar-refractivity contribution >= 4 is 11.9 Å². The fraction of sp³-hybridized carbons (Fsp3) is 0.947. The molecule has 0 spiro atoms. The van der Waals surface area contributed by atoms with Crippen molar-refractivity contribution in [2.75, 3.05) is 66.8 Å². The topological polar surface area (TPSA) is 86.8 Å². The van der Waals surface area contributed by atoms with Crippen LogP contribution in [0.3, 0.4) is 0 Å². The van der Waals surface area contributed by atoms with E-state index in [1.54, 1.807) is 0 Å². The Kier molecular flexibility index (Phi) is 36.5. The number of hydrogen-bond acceptors (Lipinski definition) is 8. The second kappa shape index (κ2) is 37.6. The molecule has 0 saturated carbocycles. The molecular weight excluding hydrogens is 596 g/mol. The third kappa shape index (κ3) is 33.0. The third-order valence-electron chi connectivity index (χ3n) is 8.86. The summed E-state index contributed by atoms with van der Waals surface area (Å²) < 4.78 is 5.57. The Balaban J connectivity index is 4.44. The summed E-state index contributed by atoms with van der Waals surface area (Å²) in [5.41, 5.74) is 0. The van der Waals surface area contributed by atoms with E-state index >= 15 is 0 Å². The van der Waals surface area contributed by atoms with Crippen molar-refractivity contribution in [1.82, 2.24) is 9.80 Å². The molecule has 0 aliphatic heterocycles. The number of rotatable bonds is 38. The van der Waals surface area contributed by atoms with E-state index in [0.29, 0.717) is 6.61 Å². The van der Waals surface area contributed by atoms with E-state index in [4.69, 9.17) is 14.5 Å². The number of carbonyl (C=O) groups is 2. The summed E-state index contributed by atoms with van der Waals surface area (Å²) in [6, 6.07) is 0. The fourth-order valence-electron chi connectivity index (χ4n) is 5.90. The van der Waals surface area contributed by atoms with Crippen LogP contribution in [0, 0.1) is 0 Å². The smallest absolute Gasteiger partial charge is 0.325 e. The Morgan fingerprint density at radius 2 is 0.872 bits per heavy atom. The van der Waals surface area contributed by atoms with Crippen LogP contribution in [-0.2, 0) is 33.9 Å². The number of esters is 1. The van der Waals surface area contributed by atoms with Crippen LogP contribution in [0.5, 0.6) is 0 Å². The number of carbonyl (C=O) groups excluding carboxylic acids is 2. The van der Waals surface area contributed by atoms with Crippen LogP contribution in [0.2, 0.25) is 0 Å². The van der Waals surface area contributed by atoms with E-state index in [2.05, 4.69) is 28.5 Å². The molecular formula is C38H76N2O7. The molecule has 0 atom stereocenters. The lowest BCUT2D eigenvalue weighted by molar-refractivity contribution is -0.276. The number of amides is 1. The molecule has 0 fully saturated rings. The minimum atomic E-state index is -0.441. The molecule has 9 heteroatoms. The minimum Gasteiger partial charge on any atom is -0.463 e. The lowest BCUT2D eigenvalue weighted by Gasteiger charge is -2.23. The first kappa shape index (κ1) is 45.7. The highest BCUT2D eigenvalue weighted by Crippen LogP contribution is 2.14. The maximum Gasteiger partial charge on any atom is 0.325 e. The average Bonchev–Trinajstić information content (AvgIpc) is 3.07. The Morgan fingerprint density at radius 3 is 1.28 bits per heavy atom. The van der Waals surface area contributed by atoms with Crippen molar-refractivity contribution in [3.8, 4) is 0 Å². The molecule has 0 aromatic heterocycles. The Labute approximate surface area is 290 Å². The number of hydrogen-bond donors (Lipinski definition) is 0. The van der Waals surface area contributed by atoms with E-state index in [9.17, 15) is 9.59 Å². The standard InChI is InChI=1S/C38H76N2O7/c1-5-7-9-11-13-15-17-19-21-23-25-27-29-39(30-28-26-24-22-20-18-16-14-12-10-8-6-2)31-33-45-38(42)35-40(32-34-46-43-3)37(41)36-47-44-4/h5-36H2,1-4H3. The molecule has 0 rings (SSSR count). The molecule has 0 unspecified atom stereocenters. The van der Waals surface area contributed by atoms with Crippen LogP contribution in [0.4, 0.5) is 0 Å². The van der Waals surface area contributed by atoms with Crippen LogP contribution in [0.1, 0.15) is 168 Å². The highest BCUT2D eigenvalue weighted by Gasteiger charge is 2.19. The first-order valence-corrected chi connectivity index (χ1v) is 19.6. The van der Waals surface area contributed by atoms with Gasteiger partial charge in [0.15, 0.2) is 6.61 Å². The van der Waals surface area contributed by atoms with Crippen molar-refractivity contribution in [3.05, 3.63) is 0 Å². The lowest BCUT2D eigenvalue weighted by Crippen LogP contribution is -2.41. The summed E-state index contributed by atoms with van der Waals surface area (Å²) in [4.78, 5) is 47.6. The Morgan fingerprint density at radius 1 is 0.468 bits per heavy atom. The molecule has 0 aliphatic rings. The van der Waals surface area contributed by atoms with Crippen molar-refractivity contribution in [2.24, 2.45) is 0 Å². The summed E-state index contributed by atoms with van der Waals surface area (Å²) in [5, 5.41) is 0. The van der Waals surface area contributed by atoms with Gasteiger partial charge in [0.25, 0.3) is 5.91 Å². The molecule has 0 N–H and O–H groups in total. The first-order valence-electron chi connectivity index (χ1n) is 19.6. The van der Waals surface area contributed by atoms with Gasteiger partial charge in [-0.1, -0.05) is 155 Å². The van der Waals surface area contributed by atoms with Gasteiger partial charge in [0, 0.05) is 13.1 Å². The van der Waals surface area contributed by atoms with E-state index in [1.807, 2.05) is 0 Å². The zero-order valence-electron chi connectivity index (χ0n) is 31.4. The quantitative estimate of drug-likeness (QED) is 0.0278. The molecule has 0 aromatic carbocycles. The minimum absolute atomic E-state index is 0.133. The van der Waals surface area contributed by atoms with Crippen molar-refractivity contribution in [3.63, 3.8) is 0 Å². The van der Waals surface area contributed by atoms with Crippen LogP contribution in [0.25, 0.3) is 0 Å². The summed E-state index contributed by atoms with van der Waals surface area (Å²) in [5.74, 6) is -0.826. The van der Waals surface area contributed by atoms with Gasteiger partial charge < -0.3 is 9.64 Å². The van der Waals surface area contributed by atoms with E-state index < -0.39 is 5.97 Å². The second-order valence-corrected chi connectivity index (χ2v) is 13.1. The van der Waals surface area contributed by atoms with Crippen molar-refractivity contribution in [2.45, 2.75) is 168 Å². The molecule has 1 amide bonds. The predicted octanol–water partition coefficient (Wildman–Crippen LogP) is 9.22. The SMILES string of the molecule is CCCCCCCCCCCCCCN(CCCCCCCCCCCCCC)CCOC(=O)CN(CCOOC)C(=O)COOC. The normalized spacial score (nSPS) is 11.4. The van der Waals surface area contributed by atoms with Gasteiger partial charge in [-0.3, -0.25) is 14.5 Å².